The van der Waals surface area contributed by atoms with E-state index in [0.717, 1.165) is 17.8 Å². The number of rotatable bonds is 8. The molecular formula is C20H20Cl2N4OS2. The van der Waals surface area contributed by atoms with Crippen LogP contribution in [0.2, 0.25) is 10.0 Å². The number of amides is 1. The highest BCUT2D eigenvalue weighted by Gasteiger charge is 2.19. The van der Waals surface area contributed by atoms with E-state index in [9.17, 15) is 4.79 Å². The van der Waals surface area contributed by atoms with Gasteiger partial charge in [-0.05, 0) is 37.1 Å². The molecule has 0 unspecified atom stereocenters. The molecule has 1 N–H and O–H groups in total. The number of carbonyl (C=O) groups is 1. The summed E-state index contributed by atoms with van der Waals surface area (Å²) < 4.78 is 1.99. The Morgan fingerprint density at radius 3 is 2.69 bits per heavy atom. The topological polar surface area (TPSA) is 59.8 Å². The fourth-order valence-corrected chi connectivity index (χ4v) is 5.16. The number of carbonyl (C=O) groups excluding carboxylic acids is 1. The molecule has 9 heteroatoms. The van der Waals surface area contributed by atoms with E-state index in [-0.39, 0.29) is 11.7 Å². The number of aromatic nitrogens is 3. The zero-order valence-electron chi connectivity index (χ0n) is 16.0. The van der Waals surface area contributed by atoms with Crippen LogP contribution in [0.25, 0.3) is 11.4 Å². The van der Waals surface area contributed by atoms with E-state index in [1.807, 2.05) is 4.57 Å². The van der Waals surface area contributed by atoms with Crippen LogP contribution in [0.3, 0.4) is 0 Å². The van der Waals surface area contributed by atoms with Gasteiger partial charge in [0.05, 0.1) is 5.75 Å². The van der Waals surface area contributed by atoms with Gasteiger partial charge in [0.1, 0.15) is 0 Å². The molecule has 0 saturated carbocycles. The minimum absolute atomic E-state index is 0.177. The van der Waals surface area contributed by atoms with Crippen molar-refractivity contribution in [2.75, 3.05) is 11.1 Å². The number of thiophene rings is 1. The lowest BCUT2D eigenvalue weighted by molar-refractivity contribution is -0.113. The average molecular weight is 467 g/mol. The number of anilines is 1. The van der Waals surface area contributed by atoms with Gasteiger partial charge in [0, 0.05) is 38.1 Å². The summed E-state index contributed by atoms with van der Waals surface area (Å²) in [6.45, 7) is 8.65. The number of thioether (sulfide) groups is 1. The molecule has 0 bridgehead atoms. The molecule has 0 aliphatic rings. The number of allylic oxidation sites excluding steroid dienone is 1. The van der Waals surface area contributed by atoms with E-state index < -0.39 is 0 Å². The second-order valence-corrected chi connectivity index (χ2v) is 9.14. The molecular weight excluding hydrogens is 447 g/mol. The van der Waals surface area contributed by atoms with Crippen molar-refractivity contribution in [1.82, 2.24) is 14.8 Å². The molecule has 0 aliphatic carbocycles. The number of hydrogen-bond acceptors (Lipinski definition) is 5. The van der Waals surface area contributed by atoms with Crippen molar-refractivity contribution >= 4 is 57.9 Å². The summed E-state index contributed by atoms with van der Waals surface area (Å²) in [6, 6.07) is 4.92. The number of nitrogens with one attached hydrogen (secondary N) is 1. The Kier molecular flexibility index (Phi) is 7.40. The molecule has 1 aromatic carbocycles. The summed E-state index contributed by atoms with van der Waals surface area (Å²) in [5, 5.41) is 15.2. The molecule has 2 aromatic heterocycles. The largest absolute Gasteiger partial charge is 0.325 e. The summed E-state index contributed by atoms with van der Waals surface area (Å²) in [5.74, 6) is 0.808. The molecule has 0 aliphatic heterocycles. The lowest BCUT2D eigenvalue weighted by Crippen LogP contribution is -2.14. The van der Waals surface area contributed by atoms with Gasteiger partial charge < -0.3 is 5.32 Å². The molecule has 0 fully saturated rings. The van der Waals surface area contributed by atoms with E-state index in [0.29, 0.717) is 27.4 Å². The zero-order chi connectivity index (χ0) is 21.0. The van der Waals surface area contributed by atoms with Crippen molar-refractivity contribution in [1.29, 1.82) is 0 Å². The molecule has 29 heavy (non-hydrogen) atoms. The third kappa shape index (κ3) is 5.22. The van der Waals surface area contributed by atoms with Crippen LogP contribution in [0.4, 0.5) is 5.69 Å². The van der Waals surface area contributed by atoms with Gasteiger partial charge in [-0.1, -0.05) is 48.0 Å². The Bertz CT molecular complexity index is 1030. The van der Waals surface area contributed by atoms with E-state index in [1.54, 1.807) is 35.6 Å². The highest BCUT2D eigenvalue weighted by molar-refractivity contribution is 7.99. The fourth-order valence-electron chi connectivity index (χ4n) is 2.95. The highest BCUT2D eigenvalue weighted by atomic mass is 35.5. The first-order valence-corrected chi connectivity index (χ1v) is 11.5. The van der Waals surface area contributed by atoms with Crippen LogP contribution < -0.4 is 5.32 Å². The molecule has 3 aromatic rings. The molecule has 1 amide bonds. The van der Waals surface area contributed by atoms with Gasteiger partial charge in [-0.3, -0.25) is 9.36 Å². The summed E-state index contributed by atoms with van der Waals surface area (Å²) >= 11 is 15.0. The van der Waals surface area contributed by atoms with Crippen molar-refractivity contribution in [2.45, 2.75) is 32.0 Å². The van der Waals surface area contributed by atoms with Crippen molar-refractivity contribution in [3.05, 3.63) is 56.7 Å². The summed E-state index contributed by atoms with van der Waals surface area (Å²) in [6.07, 6.45) is 2.73. The van der Waals surface area contributed by atoms with Crippen LogP contribution in [-0.4, -0.2) is 26.4 Å². The van der Waals surface area contributed by atoms with Crippen LogP contribution in [0.15, 0.2) is 41.4 Å². The van der Waals surface area contributed by atoms with Gasteiger partial charge >= 0.3 is 0 Å². The predicted molar refractivity (Wildman–Crippen MR) is 123 cm³/mol. The highest BCUT2D eigenvalue weighted by Crippen LogP contribution is 2.32. The third-order valence-electron chi connectivity index (χ3n) is 4.21. The van der Waals surface area contributed by atoms with Crippen LogP contribution in [-0.2, 0) is 17.8 Å². The summed E-state index contributed by atoms with van der Waals surface area (Å²) in [5.41, 5.74) is 2.93. The van der Waals surface area contributed by atoms with E-state index in [4.69, 9.17) is 23.2 Å². The van der Waals surface area contributed by atoms with Crippen molar-refractivity contribution in [3.8, 4) is 11.4 Å². The predicted octanol–water partition coefficient (Wildman–Crippen LogP) is 6.10. The maximum Gasteiger partial charge on any atom is 0.234 e. The first kappa shape index (κ1) is 21.9. The quantitative estimate of drug-likeness (QED) is 0.321. The van der Waals surface area contributed by atoms with Gasteiger partial charge in [0.15, 0.2) is 11.0 Å². The van der Waals surface area contributed by atoms with Gasteiger partial charge in [-0.15, -0.1) is 28.1 Å². The normalized spacial score (nSPS) is 10.9. The number of halogens is 2. The minimum Gasteiger partial charge on any atom is -0.325 e. The fraction of sp³-hybridized carbons (Fsp3) is 0.250. The monoisotopic (exact) mass is 466 g/mol. The second kappa shape index (κ2) is 9.80. The maximum atomic E-state index is 12.4. The number of nitrogens with zero attached hydrogens (tertiary/aromatic N) is 3. The first-order chi connectivity index (χ1) is 13.9. The van der Waals surface area contributed by atoms with Crippen LogP contribution >= 0.6 is 46.3 Å². The maximum absolute atomic E-state index is 12.4. The Balaban J connectivity index is 1.76. The first-order valence-electron chi connectivity index (χ1n) is 8.93. The van der Waals surface area contributed by atoms with Gasteiger partial charge in [0.25, 0.3) is 0 Å². The SMILES string of the molecule is C=CCn1c(SCC(=O)Nc2cc(Cl)cc(Cl)c2)nnc1-c1csc(C)c1CC. The standard InChI is InChI=1S/C20H20Cl2N4OS2/c1-4-6-26-19(17-10-28-12(3)16(17)5-2)24-25-20(26)29-11-18(27)23-15-8-13(21)7-14(22)9-15/h4,7-10H,1,5-6,11H2,2-3H3,(H,23,27). The third-order valence-corrected chi connectivity index (χ3v) is 6.56. The molecule has 0 spiro atoms. The van der Waals surface area contributed by atoms with Crippen LogP contribution in [0.1, 0.15) is 17.4 Å². The molecule has 152 valence electrons. The zero-order valence-corrected chi connectivity index (χ0v) is 19.2. The Morgan fingerprint density at radius 1 is 1.31 bits per heavy atom. The Labute approximate surface area is 188 Å². The average Bonchev–Trinajstić information content (AvgIpc) is 3.22. The van der Waals surface area contributed by atoms with E-state index in [2.05, 4.69) is 41.3 Å². The minimum atomic E-state index is -0.177. The number of benzene rings is 1. The summed E-state index contributed by atoms with van der Waals surface area (Å²) in [4.78, 5) is 13.6. The van der Waals surface area contributed by atoms with E-state index >= 15 is 0 Å². The van der Waals surface area contributed by atoms with Crippen LogP contribution in [0, 0.1) is 6.92 Å². The van der Waals surface area contributed by atoms with Crippen molar-refractivity contribution in [3.63, 3.8) is 0 Å². The van der Waals surface area contributed by atoms with E-state index in [1.165, 1.54) is 22.2 Å². The number of aryl methyl sites for hydroxylation is 1. The van der Waals surface area contributed by atoms with Gasteiger partial charge in [-0.25, -0.2) is 0 Å². The van der Waals surface area contributed by atoms with Gasteiger partial charge in [0.2, 0.25) is 5.91 Å². The molecule has 0 saturated heterocycles. The number of hydrogen-bond donors (Lipinski definition) is 1. The Morgan fingerprint density at radius 2 is 2.03 bits per heavy atom. The Hall–Kier alpha value is -1.80. The lowest BCUT2D eigenvalue weighted by Gasteiger charge is -2.09. The second-order valence-electron chi connectivity index (χ2n) is 6.24. The van der Waals surface area contributed by atoms with Crippen molar-refractivity contribution in [2.24, 2.45) is 0 Å². The molecule has 0 atom stereocenters. The van der Waals surface area contributed by atoms with Crippen LogP contribution in [0.5, 0.6) is 0 Å². The molecule has 3 rings (SSSR count). The smallest absolute Gasteiger partial charge is 0.234 e. The molecule has 2 heterocycles. The summed E-state index contributed by atoms with van der Waals surface area (Å²) in [7, 11) is 0. The molecule has 5 nitrogen and oxygen atoms in total. The molecule has 0 radical (unpaired) electrons. The van der Waals surface area contributed by atoms with Crippen molar-refractivity contribution < 1.29 is 4.79 Å². The van der Waals surface area contributed by atoms with Gasteiger partial charge in [-0.2, -0.15) is 0 Å². The lowest BCUT2D eigenvalue weighted by atomic mass is 10.1.